The molecule has 0 amide bonds. The Kier molecular flexibility index (Phi) is 5.57. The number of sulfone groups is 1. The predicted molar refractivity (Wildman–Crippen MR) is 143 cm³/mol. The molecular weight excluding hydrogens is 489 g/mol. The van der Waals surface area contributed by atoms with Gasteiger partial charge in [-0.3, -0.25) is 15.1 Å². The van der Waals surface area contributed by atoms with E-state index in [4.69, 9.17) is 0 Å². The van der Waals surface area contributed by atoms with Crippen LogP contribution in [0.1, 0.15) is 5.56 Å². The summed E-state index contributed by atoms with van der Waals surface area (Å²) in [7, 11) is -3.16. The number of fused-ring (bicyclic) bond motifs is 2. The van der Waals surface area contributed by atoms with Crippen LogP contribution in [0.5, 0.6) is 0 Å². The van der Waals surface area contributed by atoms with E-state index >= 15 is 0 Å². The molecule has 4 aromatic heterocycles. The molecule has 6 rings (SSSR count). The van der Waals surface area contributed by atoms with Gasteiger partial charge in [0.2, 0.25) is 0 Å². The number of benzene rings is 2. The minimum atomic E-state index is -3.16. The van der Waals surface area contributed by atoms with Crippen molar-refractivity contribution in [1.82, 2.24) is 25.1 Å². The van der Waals surface area contributed by atoms with E-state index in [1.54, 1.807) is 18.5 Å². The highest BCUT2D eigenvalue weighted by Crippen LogP contribution is 2.34. The van der Waals surface area contributed by atoms with Crippen LogP contribution in [0.25, 0.3) is 55.6 Å². The molecule has 0 unspecified atom stereocenters. The average Bonchev–Trinajstić information content (AvgIpc) is 3.51. The van der Waals surface area contributed by atoms with Gasteiger partial charge in [0.15, 0.2) is 0 Å². The molecule has 0 bridgehead atoms. The van der Waals surface area contributed by atoms with Crippen LogP contribution in [0.2, 0.25) is 0 Å². The first-order chi connectivity index (χ1) is 17.8. The van der Waals surface area contributed by atoms with Crippen molar-refractivity contribution in [2.24, 2.45) is 0 Å². The number of hydrogen-bond donors (Lipinski definition) is 2. The molecule has 0 fully saturated rings. The second kappa shape index (κ2) is 8.94. The Morgan fingerprint density at radius 3 is 2.54 bits per heavy atom. The minimum Gasteiger partial charge on any atom is -0.353 e. The van der Waals surface area contributed by atoms with Crippen molar-refractivity contribution in [2.75, 3.05) is 12.0 Å². The van der Waals surface area contributed by atoms with E-state index in [0.29, 0.717) is 16.8 Å². The highest BCUT2D eigenvalue weighted by molar-refractivity contribution is 7.90. The van der Waals surface area contributed by atoms with Crippen LogP contribution in [-0.2, 0) is 16.3 Å². The van der Waals surface area contributed by atoms with Gasteiger partial charge in [-0.15, -0.1) is 0 Å². The Labute approximate surface area is 212 Å². The summed E-state index contributed by atoms with van der Waals surface area (Å²) in [6.45, 7) is 0. The van der Waals surface area contributed by atoms with Gasteiger partial charge in [0.1, 0.15) is 21.3 Å². The topological polar surface area (TPSA) is 104 Å². The van der Waals surface area contributed by atoms with Gasteiger partial charge >= 0.3 is 0 Å². The molecular formula is C28H22FN5O2S. The van der Waals surface area contributed by atoms with E-state index in [-0.39, 0.29) is 12.2 Å². The largest absolute Gasteiger partial charge is 0.353 e. The van der Waals surface area contributed by atoms with Crippen LogP contribution in [-0.4, -0.2) is 45.6 Å². The van der Waals surface area contributed by atoms with E-state index in [2.05, 4.69) is 31.2 Å². The smallest absolute Gasteiger partial charge is 0.147 e. The van der Waals surface area contributed by atoms with Gasteiger partial charge in [-0.1, -0.05) is 12.1 Å². The third-order valence-electron chi connectivity index (χ3n) is 6.35. The highest BCUT2D eigenvalue weighted by Gasteiger charge is 2.16. The van der Waals surface area contributed by atoms with Gasteiger partial charge in [0.25, 0.3) is 0 Å². The lowest BCUT2D eigenvalue weighted by Crippen LogP contribution is -2.06. The maximum absolute atomic E-state index is 14.5. The van der Waals surface area contributed by atoms with Crippen molar-refractivity contribution >= 4 is 31.6 Å². The lowest BCUT2D eigenvalue weighted by molar-refractivity contribution is 0.600. The quantitative estimate of drug-likeness (QED) is 0.305. The number of aromatic nitrogens is 5. The lowest BCUT2D eigenvalue weighted by Gasteiger charge is -2.07. The molecule has 0 atom stereocenters. The molecule has 37 heavy (non-hydrogen) atoms. The number of aryl methyl sites for hydroxylation is 1. The SMILES string of the molecule is CS(=O)(=O)CCc1cc(F)cc(-c2nccc3[nH]c(-c4n[nH]c5ccc(-c6cccnc6)cc45)cc23)c1. The fourth-order valence-electron chi connectivity index (χ4n) is 4.58. The number of nitrogens with zero attached hydrogens (tertiary/aromatic N) is 3. The van der Waals surface area contributed by atoms with Crippen molar-refractivity contribution < 1.29 is 12.8 Å². The van der Waals surface area contributed by atoms with E-state index in [0.717, 1.165) is 44.3 Å². The minimum absolute atomic E-state index is 0.0465. The molecule has 0 spiro atoms. The molecule has 6 aromatic rings. The Morgan fingerprint density at radius 2 is 1.73 bits per heavy atom. The Balaban J connectivity index is 1.44. The first-order valence-electron chi connectivity index (χ1n) is 11.7. The third kappa shape index (κ3) is 4.61. The van der Waals surface area contributed by atoms with Gasteiger partial charge < -0.3 is 4.98 Å². The monoisotopic (exact) mass is 511 g/mol. The van der Waals surface area contributed by atoms with Gasteiger partial charge in [-0.2, -0.15) is 5.10 Å². The summed E-state index contributed by atoms with van der Waals surface area (Å²) in [4.78, 5) is 12.2. The summed E-state index contributed by atoms with van der Waals surface area (Å²) in [5.74, 6) is -0.480. The molecule has 0 saturated carbocycles. The summed E-state index contributed by atoms with van der Waals surface area (Å²) in [5.41, 5.74) is 7.14. The van der Waals surface area contributed by atoms with Crippen molar-refractivity contribution in [2.45, 2.75) is 6.42 Å². The van der Waals surface area contributed by atoms with E-state index < -0.39 is 15.7 Å². The number of pyridine rings is 2. The van der Waals surface area contributed by atoms with Gasteiger partial charge in [0, 0.05) is 52.3 Å². The van der Waals surface area contributed by atoms with Gasteiger partial charge in [0.05, 0.1) is 22.7 Å². The van der Waals surface area contributed by atoms with Gasteiger partial charge in [-0.25, -0.2) is 12.8 Å². The van der Waals surface area contributed by atoms with Crippen molar-refractivity contribution in [3.8, 4) is 33.8 Å². The van der Waals surface area contributed by atoms with Crippen molar-refractivity contribution in [3.05, 3.63) is 90.6 Å². The second-order valence-electron chi connectivity index (χ2n) is 9.11. The molecule has 0 aliphatic heterocycles. The van der Waals surface area contributed by atoms with Crippen LogP contribution in [0.15, 0.2) is 79.3 Å². The molecule has 2 aromatic carbocycles. The maximum Gasteiger partial charge on any atom is 0.147 e. The summed E-state index contributed by atoms with van der Waals surface area (Å²) in [6, 6.07) is 18.4. The van der Waals surface area contributed by atoms with Crippen molar-refractivity contribution in [3.63, 3.8) is 0 Å². The molecule has 184 valence electrons. The molecule has 4 heterocycles. The number of H-pyrrole nitrogens is 2. The van der Waals surface area contributed by atoms with E-state index in [9.17, 15) is 12.8 Å². The average molecular weight is 512 g/mol. The maximum atomic E-state index is 14.5. The van der Waals surface area contributed by atoms with E-state index in [1.165, 1.54) is 18.4 Å². The zero-order valence-corrected chi connectivity index (χ0v) is 20.7. The Hall–Kier alpha value is -4.37. The third-order valence-corrected chi connectivity index (χ3v) is 7.30. The zero-order valence-electron chi connectivity index (χ0n) is 19.9. The first-order valence-corrected chi connectivity index (χ1v) is 13.7. The number of rotatable bonds is 6. The molecule has 7 nitrogen and oxygen atoms in total. The molecule has 9 heteroatoms. The number of halogens is 1. The van der Waals surface area contributed by atoms with Crippen LogP contribution < -0.4 is 0 Å². The molecule has 0 saturated heterocycles. The van der Waals surface area contributed by atoms with Crippen LogP contribution in [0, 0.1) is 5.82 Å². The van der Waals surface area contributed by atoms with Crippen LogP contribution in [0.4, 0.5) is 4.39 Å². The molecule has 0 radical (unpaired) electrons. The normalized spacial score (nSPS) is 11.9. The number of nitrogens with one attached hydrogen (secondary N) is 2. The van der Waals surface area contributed by atoms with E-state index in [1.807, 2.05) is 42.6 Å². The fourth-order valence-corrected chi connectivity index (χ4v) is 5.19. The summed E-state index contributed by atoms with van der Waals surface area (Å²) in [6.07, 6.45) is 6.65. The highest BCUT2D eigenvalue weighted by atomic mass is 32.2. The second-order valence-corrected chi connectivity index (χ2v) is 11.4. The number of aromatic amines is 2. The summed E-state index contributed by atoms with van der Waals surface area (Å²) in [5, 5.41) is 9.43. The molecule has 0 aliphatic rings. The number of hydrogen-bond acceptors (Lipinski definition) is 5. The predicted octanol–water partition coefficient (Wildman–Crippen LogP) is 5.56. The lowest BCUT2D eigenvalue weighted by atomic mass is 10.0. The summed E-state index contributed by atoms with van der Waals surface area (Å²) >= 11 is 0. The molecule has 0 aliphatic carbocycles. The zero-order chi connectivity index (χ0) is 25.6. The fraction of sp³-hybridized carbons (Fsp3) is 0.107. The van der Waals surface area contributed by atoms with Crippen LogP contribution in [0.3, 0.4) is 0 Å². The Bertz CT molecular complexity index is 1880. The molecule has 2 N–H and O–H groups in total. The summed E-state index contributed by atoms with van der Waals surface area (Å²) < 4.78 is 37.7. The van der Waals surface area contributed by atoms with Gasteiger partial charge in [-0.05, 0) is 66.1 Å². The Morgan fingerprint density at radius 1 is 0.865 bits per heavy atom. The van der Waals surface area contributed by atoms with Crippen molar-refractivity contribution in [1.29, 1.82) is 0 Å². The first kappa shape index (κ1) is 23.1. The standard InChI is InChI=1S/C28H22FN5O2S/c1-37(35,36)10-7-17-11-20(13-21(29)12-17)27-23-15-26(32-24(23)6-9-31-27)28-22-14-18(4-5-25(22)33-34-28)19-3-2-8-30-16-19/h2-6,8-9,11-16,32H,7,10H2,1H3,(H,33,34). The van der Waals surface area contributed by atoms with Crippen LogP contribution >= 0.6 is 0 Å².